The van der Waals surface area contributed by atoms with Crippen LogP contribution in [0.3, 0.4) is 0 Å². The number of rotatable bonds is 8. The molecule has 0 nitrogen and oxygen atoms in total. The molecule has 0 aliphatic rings. The van der Waals surface area contributed by atoms with Crippen molar-refractivity contribution in [3.05, 3.63) is 12.7 Å². The standard InChI is InChI=1S/C12H26P.F6P/c1-5-9-13(10-6-2,11-7-3)12-8-4;1-7(2,3,4,5)6/h5H,1,6-12H2,2-4H3;/q+1;-1. The molecule has 0 saturated carbocycles. The number of hydrogen-bond donors (Lipinski definition) is 0. The molecule has 0 spiro atoms. The minimum absolute atomic E-state index is 0.614. The fraction of sp³-hybridized carbons (Fsp3) is 0.833. The summed E-state index contributed by atoms with van der Waals surface area (Å²) in [5.74, 6) is 0. The molecule has 0 radical (unpaired) electrons. The minimum atomic E-state index is -10.7. The van der Waals surface area contributed by atoms with E-state index in [4.69, 9.17) is 0 Å². The molecule has 0 fully saturated rings. The molecule has 8 heteroatoms. The van der Waals surface area contributed by atoms with Gasteiger partial charge in [0.05, 0.1) is 24.6 Å². The molecule has 0 unspecified atom stereocenters. The molecule has 126 valence electrons. The van der Waals surface area contributed by atoms with E-state index in [1.165, 1.54) is 43.9 Å². The summed E-state index contributed by atoms with van der Waals surface area (Å²) in [6.07, 6.45) is 12.0. The van der Waals surface area contributed by atoms with Crippen molar-refractivity contribution in [3.8, 4) is 0 Å². The van der Waals surface area contributed by atoms with Crippen molar-refractivity contribution in [3.63, 3.8) is 0 Å². The predicted molar refractivity (Wildman–Crippen MR) is 81.0 cm³/mol. The van der Waals surface area contributed by atoms with Crippen LogP contribution in [0, 0.1) is 0 Å². The Bertz CT molecular complexity index is 253. The summed E-state index contributed by atoms with van der Waals surface area (Å²) in [6, 6.07) is 0. The molecule has 0 heterocycles. The molecule has 20 heavy (non-hydrogen) atoms. The third-order valence-electron chi connectivity index (χ3n) is 2.61. The van der Waals surface area contributed by atoms with E-state index < -0.39 is 15.1 Å². The van der Waals surface area contributed by atoms with Gasteiger partial charge in [-0.2, -0.15) is 0 Å². The van der Waals surface area contributed by atoms with E-state index in [-0.39, 0.29) is 0 Å². The fourth-order valence-electron chi connectivity index (χ4n) is 2.31. The van der Waals surface area contributed by atoms with E-state index in [0.29, 0.717) is 0 Å². The van der Waals surface area contributed by atoms with Crippen molar-refractivity contribution in [2.75, 3.05) is 24.6 Å². The van der Waals surface area contributed by atoms with Gasteiger partial charge in [0, 0.05) is 7.26 Å². The second-order valence-electron chi connectivity index (χ2n) is 4.94. The fourth-order valence-corrected chi connectivity index (χ4v) is 6.92. The zero-order chi connectivity index (χ0) is 16.6. The maximum atomic E-state index is 9.87. The van der Waals surface area contributed by atoms with Gasteiger partial charge in [0.15, 0.2) is 0 Å². The molecule has 0 aliphatic heterocycles. The Balaban J connectivity index is 0. The van der Waals surface area contributed by atoms with E-state index in [0.717, 1.165) is 0 Å². The number of halogens is 6. The first kappa shape index (κ1) is 22.5. The molecule has 0 aromatic heterocycles. The Morgan fingerprint density at radius 2 is 1.05 bits per heavy atom. The third-order valence-corrected chi connectivity index (χ3v) is 7.83. The molecule has 0 aliphatic carbocycles. The molecule has 0 aromatic rings. The molecule has 0 rings (SSSR count). The van der Waals surface area contributed by atoms with Crippen LogP contribution >= 0.6 is 15.1 Å². The Hall–Kier alpha value is 0.180. The molecular weight excluding hydrogens is 320 g/mol. The normalized spacial score (nSPS) is 15.7. The SMILES string of the molecule is C=CC[P+](CCC)(CCC)CCC.F[P-](F)(F)(F)(F)F. The number of hydrogen-bond acceptors (Lipinski definition) is 0. The van der Waals surface area contributed by atoms with Crippen LogP contribution in [0.5, 0.6) is 0 Å². The first-order valence-electron chi connectivity index (χ1n) is 6.72. The van der Waals surface area contributed by atoms with Crippen molar-refractivity contribution in [1.29, 1.82) is 0 Å². The molecule has 0 amide bonds. The number of allylic oxidation sites excluding steroid dienone is 1. The second kappa shape index (κ2) is 7.45. The van der Waals surface area contributed by atoms with E-state index >= 15 is 0 Å². The topological polar surface area (TPSA) is 0 Å². The average Bonchev–Trinajstić information content (AvgIpc) is 2.14. The molecule has 0 N–H and O–H groups in total. The van der Waals surface area contributed by atoms with Crippen LogP contribution in [0.2, 0.25) is 0 Å². The molecule has 0 bridgehead atoms. The quantitative estimate of drug-likeness (QED) is 0.239. The van der Waals surface area contributed by atoms with Gasteiger partial charge in [0.2, 0.25) is 0 Å². The summed E-state index contributed by atoms with van der Waals surface area (Å²) < 4.78 is 59.2. The van der Waals surface area contributed by atoms with Crippen LogP contribution in [0.15, 0.2) is 12.7 Å². The summed E-state index contributed by atoms with van der Waals surface area (Å²) >= 11 is 0. The van der Waals surface area contributed by atoms with Gasteiger partial charge in [-0.3, -0.25) is 0 Å². The van der Waals surface area contributed by atoms with E-state index in [1.807, 2.05) is 0 Å². The van der Waals surface area contributed by atoms with Crippen molar-refractivity contribution >= 4 is 15.1 Å². The summed E-state index contributed by atoms with van der Waals surface area (Å²) in [4.78, 5) is 0. The summed E-state index contributed by atoms with van der Waals surface area (Å²) in [5, 5.41) is 0. The van der Waals surface area contributed by atoms with Crippen LogP contribution in [0.25, 0.3) is 0 Å². The molecule has 0 aromatic carbocycles. The van der Waals surface area contributed by atoms with Gasteiger partial charge < -0.3 is 0 Å². The average molecular weight is 346 g/mol. The monoisotopic (exact) mass is 346 g/mol. The van der Waals surface area contributed by atoms with Gasteiger partial charge >= 0.3 is 33.0 Å². The third kappa shape index (κ3) is 20.5. The van der Waals surface area contributed by atoms with Gasteiger partial charge in [-0.25, -0.2) is 0 Å². The van der Waals surface area contributed by atoms with Crippen molar-refractivity contribution < 1.29 is 25.2 Å². The van der Waals surface area contributed by atoms with Crippen molar-refractivity contribution in [1.82, 2.24) is 0 Å². The summed E-state index contributed by atoms with van der Waals surface area (Å²) in [7, 11) is -11.3. The van der Waals surface area contributed by atoms with E-state index in [9.17, 15) is 25.2 Å². The van der Waals surface area contributed by atoms with Gasteiger partial charge in [-0.05, 0) is 19.3 Å². The zero-order valence-electron chi connectivity index (χ0n) is 12.4. The van der Waals surface area contributed by atoms with Gasteiger partial charge in [0.25, 0.3) is 0 Å². The van der Waals surface area contributed by atoms with E-state index in [1.54, 1.807) is 0 Å². The van der Waals surface area contributed by atoms with Crippen LogP contribution in [-0.2, 0) is 0 Å². The molecular formula is C12H26F6P2. The predicted octanol–water partition coefficient (Wildman–Crippen LogP) is 7.80. The Morgan fingerprint density at radius 3 is 1.20 bits per heavy atom. The zero-order valence-corrected chi connectivity index (χ0v) is 14.2. The van der Waals surface area contributed by atoms with Crippen LogP contribution in [0.4, 0.5) is 25.2 Å². The second-order valence-corrected chi connectivity index (χ2v) is 11.2. The van der Waals surface area contributed by atoms with Gasteiger partial charge in [0.1, 0.15) is 0 Å². The first-order valence-corrected chi connectivity index (χ1v) is 11.3. The Kier molecular flexibility index (Phi) is 8.36. The van der Waals surface area contributed by atoms with Gasteiger partial charge in [-0.15, -0.1) is 0 Å². The van der Waals surface area contributed by atoms with E-state index in [2.05, 4.69) is 33.4 Å². The van der Waals surface area contributed by atoms with Crippen LogP contribution in [0.1, 0.15) is 40.0 Å². The summed E-state index contributed by atoms with van der Waals surface area (Å²) in [5.41, 5.74) is 0. The van der Waals surface area contributed by atoms with Crippen LogP contribution < -0.4 is 0 Å². The van der Waals surface area contributed by atoms with Crippen LogP contribution in [-0.4, -0.2) is 24.6 Å². The van der Waals surface area contributed by atoms with Crippen molar-refractivity contribution in [2.24, 2.45) is 0 Å². The van der Waals surface area contributed by atoms with Crippen molar-refractivity contribution in [2.45, 2.75) is 40.0 Å². The summed E-state index contributed by atoms with van der Waals surface area (Å²) in [6.45, 7) is 10.9. The Morgan fingerprint density at radius 1 is 0.800 bits per heavy atom. The molecule has 0 saturated heterocycles. The van der Waals surface area contributed by atoms with Gasteiger partial charge in [-0.1, -0.05) is 33.4 Å². The molecule has 0 atom stereocenters. The first-order chi connectivity index (χ1) is 8.69. The Labute approximate surface area is 118 Å². The maximum absolute atomic E-state index is 10.7.